The van der Waals surface area contributed by atoms with E-state index in [1.165, 1.54) is 4.90 Å². The first-order chi connectivity index (χ1) is 7.82. The third kappa shape index (κ3) is 1.56. The molecule has 1 heterocycles. The van der Waals surface area contributed by atoms with Gasteiger partial charge in [0.2, 0.25) is 11.8 Å². The van der Waals surface area contributed by atoms with E-state index < -0.39 is 12.0 Å². The Balaban J connectivity index is 2.17. The zero-order valence-electron chi connectivity index (χ0n) is 10.3. The minimum absolute atomic E-state index is 0.159. The summed E-state index contributed by atoms with van der Waals surface area (Å²) < 4.78 is 0. The number of piperidine rings is 1. The normalized spacial score (nSPS) is 31.4. The first-order valence-corrected chi connectivity index (χ1v) is 5.91. The largest absolute Gasteiger partial charge is 0.481 e. The summed E-state index contributed by atoms with van der Waals surface area (Å²) in [5, 5.41) is 8.78. The van der Waals surface area contributed by atoms with Gasteiger partial charge in [-0.2, -0.15) is 0 Å². The molecule has 1 N–H and O–H groups in total. The van der Waals surface area contributed by atoms with Crippen LogP contribution in [0.3, 0.4) is 0 Å². The lowest BCUT2D eigenvalue weighted by Crippen LogP contribution is -2.44. The van der Waals surface area contributed by atoms with Crippen molar-refractivity contribution in [3.05, 3.63) is 0 Å². The van der Waals surface area contributed by atoms with Crippen LogP contribution in [-0.4, -0.2) is 33.8 Å². The third-order valence-electron chi connectivity index (χ3n) is 4.08. The molecule has 1 saturated carbocycles. The van der Waals surface area contributed by atoms with Gasteiger partial charge in [0, 0.05) is 6.04 Å². The number of aliphatic carboxylic acids is 1. The average molecular weight is 239 g/mol. The summed E-state index contributed by atoms with van der Waals surface area (Å²) in [5.74, 6) is -1.79. The van der Waals surface area contributed by atoms with Crippen molar-refractivity contribution < 1.29 is 19.5 Å². The molecule has 2 aliphatic rings. The predicted octanol–water partition coefficient (Wildman–Crippen LogP) is 0.881. The van der Waals surface area contributed by atoms with Gasteiger partial charge in [0.1, 0.15) is 0 Å². The number of carboxylic acid groups (broad SMARTS) is 1. The van der Waals surface area contributed by atoms with Crippen molar-refractivity contribution in [1.82, 2.24) is 4.90 Å². The number of carbonyl (C=O) groups is 3. The van der Waals surface area contributed by atoms with Gasteiger partial charge in [-0.3, -0.25) is 19.3 Å². The summed E-state index contributed by atoms with van der Waals surface area (Å²) in [6.45, 7) is 5.62. The highest BCUT2D eigenvalue weighted by atomic mass is 16.4. The Hall–Kier alpha value is -1.39. The molecule has 0 spiro atoms. The maximum absolute atomic E-state index is 12.1. The Morgan fingerprint density at radius 3 is 2.18 bits per heavy atom. The van der Waals surface area contributed by atoms with E-state index >= 15 is 0 Å². The summed E-state index contributed by atoms with van der Waals surface area (Å²) in [6, 6.07) is -0.490. The van der Waals surface area contributed by atoms with Crippen molar-refractivity contribution in [2.45, 2.75) is 39.7 Å². The van der Waals surface area contributed by atoms with Crippen LogP contribution in [0.4, 0.5) is 0 Å². The highest BCUT2D eigenvalue weighted by molar-refractivity contribution is 6.10. The summed E-state index contributed by atoms with van der Waals surface area (Å²) in [7, 11) is 0. The predicted molar refractivity (Wildman–Crippen MR) is 58.9 cm³/mol. The minimum Gasteiger partial charge on any atom is -0.481 e. The number of amides is 2. The van der Waals surface area contributed by atoms with Crippen molar-refractivity contribution >= 4 is 17.8 Å². The van der Waals surface area contributed by atoms with E-state index in [9.17, 15) is 14.4 Å². The maximum atomic E-state index is 12.1. The van der Waals surface area contributed by atoms with Crippen molar-refractivity contribution in [3.63, 3.8) is 0 Å². The first-order valence-electron chi connectivity index (χ1n) is 5.91. The van der Waals surface area contributed by atoms with E-state index in [0.717, 1.165) is 0 Å². The molecule has 2 amide bonds. The van der Waals surface area contributed by atoms with Gasteiger partial charge in [0.05, 0.1) is 18.3 Å². The number of carbonyl (C=O) groups excluding carboxylic acids is 2. The zero-order chi connectivity index (χ0) is 13.0. The molecule has 2 fully saturated rings. The van der Waals surface area contributed by atoms with Crippen LogP contribution in [0.5, 0.6) is 0 Å². The van der Waals surface area contributed by atoms with Crippen LogP contribution in [0.2, 0.25) is 0 Å². The van der Waals surface area contributed by atoms with E-state index in [4.69, 9.17) is 5.11 Å². The van der Waals surface area contributed by atoms with Crippen LogP contribution < -0.4 is 0 Å². The van der Waals surface area contributed by atoms with Gasteiger partial charge in [-0.15, -0.1) is 0 Å². The highest BCUT2D eigenvalue weighted by Crippen LogP contribution is 2.63. The summed E-state index contributed by atoms with van der Waals surface area (Å²) in [5.41, 5.74) is -0.230. The topological polar surface area (TPSA) is 74.7 Å². The number of hydrogen-bond donors (Lipinski definition) is 1. The van der Waals surface area contributed by atoms with Gasteiger partial charge < -0.3 is 5.11 Å². The lowest BCUT2D eigenvalue weighted by molar-refractivity contribution is -0.148. The highest BCUT2D eigenvalue weighted by Gasteiger charge is 2.73. The number of nitrogens with zero attached hydrogens (tertiary/aromatic N) is 1. The summed E-state index contributed by atoms with van der Waals surface area (Å²) >= 11 is 0. The Bertz CT molecular complexity index is 377. The van der Waals surface area contributed by atoms with Crippen LogP contribution in [0.1, 0.15) is 33.6 Å². The van der Waals surface area contributed by atoms with Crippen molar-refractivity contribution in [2.24, 2.45) is 17.3 Å². The SMILES string of the molecule is CCC(CC(=O)O)N1C(=O)C2C(C1=O)C2(C)C. The molecule has 1 aliphatic heterocycles. The minimum atomic E-state index is -0.975. The fourth-order valence-corrected chi connectivity index (χ4v) is 2.95. The Morgan fingerprint density at radius 2 is 1.82 bits per heavy atom. The number of hydrogen-bond acceptors (Lipinski definition) is 3. The number of fused-ring (bicyclic) bond motifs is 1. The van der Waals surface area contributed by atoms with E-state index in [0.29, 0.717) is 6.42 Å². The van der Waals surface area contributed by atoms with Crippen LogP contribution in [0.25, 0.3) is 0 Å². The Morgan fingerprint density at radius 1 is 1.35 bits per heavy atom. The average Bonchev–Trinajstić information content (AvgIpc) is 2.66. The fourth-order valence-electron chi connectivity index (χ4n) is 2.95. The third-order valence-corrected chi connectivity index (χ3v) is 4.08. The van der Waals surface area contributed by atoms with E-state index in [2.05, 4.69) is 0 Å². The number of imide groups is 1. The molecule has 0 aromatic carbocycles. The molecule has 0 aromatic heterocycles. The van der Waals surface area contributed by atoms with Gasteiger partial charge in [-0.1, -0.05) is 20.8 Å². The number of likely N-dealkylation sites (tertiary alicyclic amines) is 1. The van der Waals surface area contributed by atoms with Gasteiger partial charge in [-0.05, 0) is 11.8 Å². The van der Waals surface area contributed by atoms with Crippen LogP contribution >= 0.6 is 0 Å². The van der Waals surface area contributed by atoms with E-state index in [1.807, 2.05) is 13.8 Å². The Labute approximate surface area is 99.8 Å². The standard InChI is InChI=1S/C12H17NO4/c1-4-6(5-7(14)15)13-10(16)8-9(11(13)17)12(8,2)3/h6,8-9H,4-5H2,1-3H3,(H,14,15). The fraction of sp³-hybridized carbons (Fsp3) is 0.750. The molecule has 0 radical (unpaired) electrons. The summed E-state index contributed by atoms with van der Waals surface area (Å²) in [4.78, 5) is 36.0. The van der Waals surface area contributed by atoms with Crippen molar-refractivity contribution in [3.8, 4) is 0 Å². The smallest absolute Gasteiger partial charge is 0.305 e. The first kappa shape index (κ1) is 12.1. The van der Waals surface area contributed by atoms with Crippen molar-refractivity contribution in [1.29, 1.82) is 0 Å². The van der Waals surface area contributed by atoms with Gasteiger partial charge in [-0.25, -0.2) is 0 Å². The molecule has 5 heteroatoms. The molecule has 17 heavy (non-hydrogen) atoms. The molecule has 94 valence electrons. The number of rotatable bonds is 4. The van der Waals surface area contributed by atoms with Gasteiger partial charge in [0.15, 0.2) is 0 Å². The molecule has 3 unspecified atom stereocenters. The molecular weight excluding hydrogens is 222 g/mol. The van der Waals surface area contributed by atoms with E-state index in [1.54, 1.807) is 6.92 Å². The zero-order valence-corrected chi connectivity index (χ0v) is 10.3. The molecule has 0 aromatic rings. The van der Waals surface area contributed by atoms with E-state index in [-0.39, 0.29) is 35.5 Å². The molecule has 2 rings (SSSR count). The molecule has 0 bridgehead atoms. The quantitative estimate of drug-likeness (QED) is 0.739. The second-order valence-corrected chi connectivity index (χ2v) is 5.48. The monoisotopic (exact) mass is 239 g/mol. The number of carboxylic acids is 1. The van der Waals surface area contributed by atoms with Crippen LogP contribution in [0, 0.1) is 17.3 Å². The molecule has 3 atom stereocenters. The van der Waals surface area contributed by atoms with Gasteiger partial charge in [0.25, 0.3) is 0 Å². The van der Waals surface area contributed by atoms with Gasteiger partial charge >= 0.3 is 5.97 Å². The Kier molecular flexibility index (Phi) is 2.52. The molecular formula is C12H17NO4. The molecule has 1 aliphatic carbocycles. The van der Waals surface area contributed by atoms with Crippen LogP contribution in [-0.2, 0) is 14.4 Å². The molecule has 5 nitrogen and oxygen atoms in total. The lowest BCUT2D eigenvalue weighted by atomic mass is 10.0. The lowest BCUT2D eigenvalue weighted by Gasteiger charge is -2.27. The second kappa shape index (κ2) is 3.55. The summed E-state index contributed by atoms with van der Waals surface area (Å²) in [6.07, 6.45) is 0.331. The van der Waals surface area contributed by atoms with Crippen molar-refractivity contribution in [2.75, 3.05) is 0 Å². The second-order valence-electron chi connectivity index (χ2n) is 5.48. The van der Waals surface area contributed by atoms with Crippen LogP contribution in [0.15, 0.2) is 0 Å². The molecule has 1 saturated heterocycles. The maximum Gasteiger partial charge on any atom is 0.305 e.